The smallest absolute Gasteiger partial charge is 0.383 e. The zero-order valence-electron chi connectivity index (χ0n) is 25.6. The number of aliphatic hydroxyl groups is 1. The highest BCUT2D eigenvalue weighted by Gasteiger charge is 2.48. The van der Waals surface area contributed by atoms with Gasteiger partial charge in [-0.25, -0.2) is 4.79 Å². The van der Waals surface area contributed by atoms with Gasteiger partial charge >= 0.3 is 12.2 Å². The number of nitrogens with one attached hydrogen (secondary N) is 1. The SMILES string of the molecule is C=CCN(C(=O)NCc1ccc(C(F)(F)F)cc1)C1CCN(C[C@H]2CN(CC(=O)[C@H]3CCCO3)C[C@]2(O)c2ccccc2)CC1. The second-order valence-corrected chi connectivity index (χ2v) is 12.5. The van der Waals surface area contributed by atoms with Crippen molar-refractivity contribution in [1.29, 1.82) is 0 Å². The van der Waals surface area contributed by atoms with E-state index in [1.807, 2.05) is 30.3 Å². The van der Waals surface area contributed by atoms with Gasteiger partial charge in [-0.3, -0.25) is 9.69 Å². The van der Waals surface area contributed by atoms with E-state index in [9.17, 15) is 27.9 Å². The highest BCUT2D eigenvalue weighted by Crippen LogP contribution is 2.38. The molecule has 45 heavy (non-hydrogen) atoms. The monoisotopic (exact) mass is 628 g/mol. The van der Waals surface area contributed by atoms with Crippen LogP contribution in [0.2, 0.25) is 0 Å². The molecule has 2 amide bonds. The first kappa shape index (κ1) is 33.1. The summed E-state index contributed by atoms with van der Waals surface area (Å²) in [6.45, 7) is 8.27. The molecule has 3 atom stereocenters. The van der Waals surface area contributed by atoms with Crippen molar-refractivity contribution >= 4 is 11.8 Å². The van der Waals surface area contributed by atoms with E-state index in [0.717, 1.165) is 56.5 Å². The van der Waals surface area contributed by atoms with Crippen LogP contribution in [0.25, 0.3) is 0 Å². The zero-order valence-corrected chi connectivity index (χ0v) is 25.6. The normalized spacial score (nSPS) is 24.9. The van der Waals surface area contributed by atoms with E-state index in [1.165, 1.54) is 12.1 Å². The lowest BCUT2D eigenvalue weighted by Crippen LogP contribution is -2.52. The number of alkyl halides is 3. The Balaban J connectivity index is 1.17. The van der Waals surface area contributed by atoms with E-state index in [1.54, 1.807) is 11.0 Å². The fourth-order valence-electron chi connectivity index (χ4n) is 6.89. The summed E-state index contributed by atoms with van der Waals surface area (Å²) in [7, 11) is 0. The Bertz CT molecular complexity index is 1290. The number of urea groups is 1. The van der Waals surface area contributed by atoms with Crippen LogP contribution in [0, 0.1) is 5.92 Å². The molecule has 3 saturated heterocycles. The molecule has 244 valence electrons. The number of amides is 2. The standard InChI is InChI=1S/C34H43F3N4O4/c1-2-16-41(32(43)38-20-25-10-12-27(13-11-25)34(35,36)37)29-14-17-39(18-15-29)21-28-22-40(23-30(42)31-9-6-19-45-31)24-33(28,44)26-7-4-3-5-8-26/h2-5,7-8,10-13,28-29,31,44H,1,6,9,14-24H2,(H,38,43)/t28-,31+,33-/m0/s1. The molecule has 8 nitrogen and oxygen atoms in total. The van der Waals surface area contributed by atoms with Crippen LogP contribution < -0.4 is 5.32 Å². The summed E-state index contributed by atoms with van der Waals surface area (Å²) >= 11 is 0. The molecule has 3 aliphatic rings. The van der Waals surface area contributed by atoms with E-state index in [2.05, 4.69) is 21.7 Å². The van der Waals surface area contributed by atoms with Crippen molar-refractivity contribution in [2.75, 3.05) is 52.4 Å². The van der Waals surface area contributed by atoms with Crippen LogP contribution >= 0.6 is 0 Å². The Hall–Kier alpha value is -3.25. The summed E-state index contributed by atoms with van der Waals surface area (Å²) in [5, 5.41) is 14.9. The number of hydrogen-bond donors (Lipinski definition) is 2. The average molecular weight is 629 g/mol. The lowest BCUT2D eigenvalue weighted by molar-refractivity contribution is -0.137. The van der Waals surface area contributed by atoms with Crippen molar-refractivity contribution < 1.29 is 32.6 Å². The minimum Gasteiger partial charge on any atom is -0.383 e. The number of piperidine rings is 1. The second kappa shape index (κ2) is 14.5. The lowest BCUT2D eigenvalue weighted by atomic mass is 9.83. The first-order valence-electron chi connectivity index (χ1n) is 15.7. The lowest BCUT2D eigenvalue weighted by Gasteiger charge is -2.40. The number of nitrogens with zero attached hydrogens (tertiary/aromatic N) is 3. The summed E-state index contributed by atoms with van der Waals surface area (Å²) in [6, 6.07) is 14.1. The van der Waals surface area contributed by atoms with Crippen molar-refractivity contribution in [3.63, 3.8) is 0 Å². The number of Topliss-reactive ketones (excluding diaryl/α,β-unsaturated/α-hetero) is 1. The van der Waals surface area contributed by atoms with Crippen LogP contribution in [0.3, 0.4) is 0 Å². The molecule has 2 aromatic rings. The molecule has 2 aromatic carbocycles. The molecule has 2 N–H and O–H groups in total. The first-order valence-corrected chi connectivity index (χ1v) is 15.7. The molecule has 0 aliphatic carbocycles. The van der Waals surface area contributed by atoms with Gasteiger partial charge in [0.05, 0.1) is 12.1 Å². The Kier molecular flexibility index (Phi) is 10.6. The Morgan fingerprint density at radius 2 is 1.78 bits per heavy atom. The summed E-state index contributed by atoms with van der Waals surface area (Å²) in [5.41, 5.74) is -0.392. The van der Waals surface area contributed by atoms with Gasteiger partial charge in [0.1, 0.15) is 11.7 Å². The number of halogens is 3. The zero-order chi connectivity index (χ0) is 32.0. The summed E-state index contributed by atoms with van der Waals surface area (Å²) in [6.07, 6.45) is 0.0440. The maximum atomic E-state index is 13.2. The average Bonchev–Trinajstić information content (AvgIpc) is 3.68. The van der Waals surface area contributed by atoms with Crippen LogP contribution in [0.1, 0.15) is 42.4 Å². The van der Waals surface area contributed by atoms with Gasteiger partial charge in [-0.1, -0.05) is 48.5 Å². The van der Waals surface area contributed by atoms with Crippen molar-refractivity contribution in [2.24, 2.45) is 5.92 Å². The van der Waals surface area contributed by atoms with E-state index in [-0.39, 0.29) is 43.0 Å². The Morgan fingerprint density at radius 1 is 1.07 bits per heavy atom. The maximum absolute atomic E-state index is 13.2. The minimum atomic E-state index is -4.40. The molecule has 0 aromatic heterocycles. The third kappa shape index (κ3) is 8.13. The predicted molar refractivity (Wildman–Crippen MR) is 164 cm³/mol. The number of hydrogen-bond acceptors (Lipinski definition) is 6. The predicted octanol–water partition coefficient (Wildman–Crippen LogP) is 4.44. The molecule has 0 bridgehead atoms. The molecule has 3 heterocycles. The topological polar surface area (TPSA) is 85.4 Å². The van der Waals surface area contributed by atoms with Crippen LogP contribution in [-0.2, 0) is 27.9 Å². The third-order valence-corrected chi connectivity index (χ3v) is 9.35. The number of ketones is 1. The highest BCUT2D eigenvalue weighted by molar-refractivity contribution is 5.85. The van der Waals surface area contributed by atoms with Gasteiger partial charge in [-0.05, 0) is 48.9 Å². The quantitative estimate of drug-likeness (QED) is 0.359. The van der Waals surface area contributed by atoms with Gasteiger partial charge in [0, 0.05) is 64.4 Å². The molecule has 3 aliphatic heterocycles. The van der Waals surface area contributed by atoms with Crippen molar-refractivity contribution in [2.45, 2.75) is 56.2 Å². The van der Waals surface area contributed by atoms with Gasteiger partial charge < -0.3 is 25.0 Å². The molecule has 0 unspecified atom stereocenters. The van der Waals surface area contributed by atoms with Gasteiger partial charge in [0.2, 0.25) is 0 Å². The largest absolute Gasteiger partial charge is 0.416 e. The van der Waals surface area contributed by atoms with Crippen molar-refractivity contribution in [3.05, 3.63) is 83.9 Å². The second-order valence-electron chi connectivity index (χ2n) is 12.5. The Labute approximate surface area is 262 Å². The molecule has 5 rings (SSSR count). The van der Waals surface area contributed by atoms with Gasteiger partial charge in [-0.15, -0.1) is 6.58 Å². The van der Waals surface area contributed by atoms with Crippen molar-refractivity contribution in [3.8, 4) is 0 Å². The number of carbonyl (C=O) groups is 2. The van der Waals surface area contributed by atoms with E-state index in [0.29, 0.717) is 38.3 Å². The first-order chi connectivity index (χ1) is 21.6. The molecule has 0 spiro atoms. The number of benzene rings is 2. The molecular weight excluding hydrogens is 585 g/mol. The maximum Gasteiger partial charge on any atom is 0.416 e. The van der Waals surface area contributed by atoms with E-state index >= 15 is 0 Å². The summed E-state index contributed by atoms with van der Waals surface area (Å²) in [5.74, 6) is -0.0339. The third-order valence-electron chi connectivity index (χ3n) is 9.35. The van der Waals surface area contributed by atoms with Crippen molar-refractivity contribution in [1.82, 2.24) is 20.0 Å². The molecule has 0 radical (unpaired) electrons. The van der Waals surface area contributed by atoms with Crippen LogP contribution in [0.5, 0.6) is 0 Å². The number of likely N-dealkylation sites (tertiary alicyclic amines) is 2. The molecule has 3 fully saturated rings. The Morgan fingerprint density at radius 3 is 2.40 bits per heavy atom. The number of ether oxygens (including phenoxy) is 1. The fraction of sp³-hybridized carbons (Fsp3) is 0.529. The molecular formula is C34H43F3N4O4. The van der Waals surface area contributed by atoms with Gasteiger partial charge in [0.25, 0.3) is 0 Å². The highest BCUT2D eigenvalue weighted by atomic mass is 19.4. The fourth-order valence-corrected chi connectivity index (χ4v) is 6.89. The molecule has 11 heteroatoms. The van der Waals surface area contributed by atoms with Crippen LogP contribution in [-0.4, -0.2) is 96.2 Å². The summed E-state index contributed by atoms with van der Waals surface area (Å²) < 4.78 is 44.3. The number of rotatable bonds is 11. The molecule has 0 saturated carbocycles. The van der Waals surface area contributed by atoms with Gasteiger partial charge in [0.15, 0.2) is 5.78 Å². The van der Waals surface area contributed by atoms with E-state index < -0.39 is 17.3 Å². The summed E-state index contributed by atoms with van der Waals surface area (Å²) in [4.78, 5) is 32.2. The number of carbonyl (C=O) groups excluding carboxylic acids is 2. The number of β-amino-alcohol motifs (C(OH)–C–C–N with tert-alkyl or cyclic N) is 1. The van der Waals surface area contributed by atoms with Crippen LogP contribution in [0.4, 0.5) is 18.0 Å². The van der Waals surface area contributed by atoms with Crippen LogP contribution in [0.15, 0.2) is 67.3 Å². The minimum absolute atomic E-state index is 0.0241. The van der Waals surface area contributed by atoms with Gasteiger partial charge in [-0.2, -0.15) is 13.2 Å². The van der Waals surface area contributed by atoms with E-state index in [4.69, 9.17) is 4.74 Å².